The molecule has 6 bridgehead atoms. The Morgan fingerprint density at radius 1 is 0.988 bits per heavy atom. The van der Waals surface area contributed by atoms with Gasteiger partial charge >= 0.3 is 5.97 Å². The molecule has 0 unspecified atom stereocenters. The molecule has 3 fully saturated rings. The Labute approximate surface area is 497 Å². The van der Waals surface area contributed by atoms with E-state index in [-0.39, 0.29) is 43.1 Å². The fraction of sp³-hybridized carbons (Fsp3) is 0.492. The van der Waals surface area contributed by atoms with E-state index in [1.807, 2.05) is 45.0 Å². The molecular weight excluding hydrogens is 1080 g/mol. The number of benzene rings is 3. The zero-order chi connectivity index (χ0) is 60.5. The van der Waals surface area contributed by atoms with E-state index in [9.17, 15) is 24.8 Å². The number of hydrogen-bond donors (Lipinski definition) is 5. The van der Waals surface area contributed by atoms with Crippen LogP contribution in [0.3, 0.4) is 0 Å². The number of aromatic nitrogens is 3. The first-order valence-electron chi connectivity index (χ1n) is 29.8. The van der Waals surface area contributed by atoms with Gasteiger partial charge in [0, 0.05) is 99.6 Å². The van der Waals surface area contributed by atoms with Gasteiger partial charge in [0.1, 0.15) is 35.7 Å². The summed E-state index contributed by atoms with van der Waals surface area (Å²) in [5.74, 6) is -1.48. The average Bonchev–Trinajstić information content (AvgIpc) is 1.84. The predicted molar refractivity (Wildman–Crippen MR) is 322 cm³/mol. The van der Waals surface area contributed by atoms with Gasteiger partial charge in [-0.25, -0.2) is 10.4 Å². The molecule has 3 aromatic carbocycles. The van der Waals surface area contributed by atoms with Crippen LogP contribution < -0.4 is 22.2 Å². The number of esters is 1. The van der Waals surface area contributed by atoms with Gasteiger partial charge in [0.25, 0.3) is 11.8 Å². The number of amides is 3. The van der Waals surface area contributed by atoms with Gasteiger partial charge in [-0.1, -0.05) is 52.0 Å². The van der Waals surface area contributed by atoms with Crippen LogP contribution in [0.15, 0.2) is 83.5 Å². The van der Waals surface area contributed by atoms with Crippen molar-refractivity contribution in [2.75, 3.05) is 59.3 Å². The molecule has 20 nitrogen and oxygen atoms in total. The Morgan fingerprint density at radius 3 is 2.46 bits per heavy atom. The van der Waals surface area contributed by atoms with Crippen LogP contribution in [0.4, 0.5) is 5.69 Å². The number of carbonyl (C=O) groups excluding carboxylic acids is 4. The summed E-state index contributed by atoms with van der Waals surface area (Å²) in [4.78, 5) is 72.1. The van der Waals surface area contributed by atoms with E-state index in [0.29, 0.717) is 104 Å². The number of nitrogens with two attached hydrogens (primary N) is 2. The lowest BCUT2D eigenvalue weighted by atomic mass is 9.80. The van der Waals surface area contributed by atoms with E-state index in [2.05, 4.69) is 65.2 Å². The second kappa shape index (κ2) is 25.1. The van der Waals surface area contributed by atoms with Gasteiger partial charge in [-0.15, -0.1) is 0 Å². The van der Waals surface area contributed by atoms with Gasteiger partial charge in [0.05, 0.1) is 53.9 Å². The molecule has 7 heterocycles. The van der Waals surface area contributed by atoms with Crippen molar-refractivity contribution in [3.63, 3.8) is 0 Å². The third kappa shape index (κ3) is 12.7. The number of pyridine rings is 1. The molecule has 10 rings (SSSR count). The average molecular weight is 1160 g/mol. The standard InChI is InChI=1S/C65H81N11O9/c1-9-75-54-17-14-42-29-49(54)51(57(75)50-30-44(32-69-55(50)39(4)82-8)60-70-33-47(85-60)34-74-22-19-65(35-66,36-67)20-23-74)31-64(5,6)37-84-63(81)52-11-10-21-76(72-52)61(79)53(27-40-25-43(42)28-46(77)26-40)71-59(78)56(38(2)3)73(7)62(80)58-48(18-24-83-58)41-12-15-45(68)16-13-41/h12-17,25-26,28-30,32-33,38-39,48,52-53,56,58,72,77H,9-11,18-24,27,31,34-35,37,66,68H2,1-8H3,(H,71,78)/t39-,48+,52-,53-,56-,58+/m0/s1. The van der Waals surface area contributed by atoms with Crippen LogP contribution >= 0.6 is 0 Å². The number of piperidine rings is 1. The molecule has 0 saturated carbocycles. The lowest BCUT2D eigenvalue weighted by molar-refractivity contribution is -0.155. The van der Waals surface area contributed by atoms with Gasteiger partial charge in [-0.2, -0.15) is 5.26 Å². The molecule has 0 spiro atoms. The number of likely N-dealkylation sites (tertiary alicyclic amines) is 1. The first kappa shape index (κ1) is 60.5. The molecule has 85 heavy (non-hydrogen) atoms. The Morgan fingerprint density at radius 2 is 1.75 bits per heavy atom. The highest BCUT2D eigenvalue weighted by molar-refractivity contribution is 5.96. The van der Waals surface area contributed by atoms with E-state index in [1.54, 1.807) is 50.8 Å². The number of rotatable bonds is 14. The molecule has 4 aliphatic rings. The number of phenolic OH excluding ortho intramolecular Hbond substituents is 1. The number of hydrogen-bond acceptors (Lipinski definition) is 16. The largest absolute Gasteiger partial charge is 0.508 e. The monoisotopic (exact) mass is 1160 g/mol. The molecule has 6 aromatic rings. The number of cyclic esters (lactones) is 1. The maximum absolute atomic E-state index is 15.0. The fourth-order valence-corrected chi connectivity index (χ4v) is 12.9. The first-order valence-corrected chi connectivity index (χ1v) is 29.8. The molecule has 4 aliphatic heterocycles. The zero-order valence-corrected chi connectivity index (χ0v) is 50.2. The van der Waals surface area contributed by atoms with Crippen LogP contribution in [0.25, 0.3) is 44.7 Å². The number of carbonyl (C=O) groups is 4. The molecule has 20 heteroatoms. The summed E-state index contributed by atoms with van der Waals surface area (Å²) in [6, 6.07) is 20.2. The number of aryl methyl sites for hydroxylation is 1. The van der Waals surface area contributed by atoms with E-state index in [1.165, 1.54) is 9.91 Å². The molecule has 7 N–H and O–H groups in total. The molecule has 450 valence electrons. The molecule has 3 amide bonds. The van der Waals surface area contributed by atoms with E-state index in [0.717, 1.165) is 51.9 Å². The van der Waals surface area contributed by atoms with Crippen LogP contribution in [-0.2, 0) is 59.3 Å². The highest BCUT2D eigenvalue weighted by atomic mass is 16.5. The number of anilines is 1. The van der Waals surface area contributed by atoms with Crippen LogP contribution in [0.5, 0.6) is 5.75 Å². The van der Waals surface area contributed by atoms with Crippen molar-refractivity contribution in [1.82, 2.24) is 40.1 Å². The smallest absolute Gasteiger partial charge is 0.324 e. The molecule has 6 atom stereocenters. The third-order valence-corrected chi connectivity index (χ3v) is 17.7. The van der Waals surface area contributed by atoms with Gasteiger partial charge < -0.3 is 50.0 Å². The number of fused-ring (bicyclic) bond motifs is 6. The number of nitrogen functional groups attached to an aromatic ring is 1. The third-order valence-electron chi connectivity index (χ3n) is 17.7. The number of likely N-dealkylation sites (N-methyl/N-ethyl adjacent to an activating group) is 1. The predicted octanol–water partition coefficient (Wildman–Crippen LogP) is 7.81. The van der Waals surface area contributed by atoms with Crippen LogP contribution in [-0.4, -0.2) is 136 Å². The highest BCUT2D eigenvalue weighted by Gasteiger charge is 2.43. The van der Waals surface area contributed by atoms with Crippen LogP contribution in [0, 0.1) is 28.1 Å². The Hall–Kier alpha value is -7.67. The number of ether oxygens (including phenoxy) is 3. The number of hydrazine groups is 1. The second-order valence-corrected chi connectivity index (χ2v) is 24.7. The van der Waals surface area contributed by atoms with Crippen molar-refractivity contribution >= 4 is 40.3 Å². The maximum atomic E-state index is 15.0. The summed E-state index contributed by atoms with van der Waals surface area (Å²) in [7, 11) is 3.25. The summed E-state index contributed by atoms with van der Waals surface area (Å²) in [6.45, 7) is 15.4. The number of nitrogens with zero attached hydrogens (tertiary/aromatic N) is 7. The van der Waals surface area contributed by atoms with Crippen molar-refractivity contribution in [2.24, 2.45) is 22.5 Å². The quantitative estimate of drug-likeness (QED) is 0.0514. The number of oxazole rings is 1. The number of nitrogens with one attached hydrogen (secondary N) is 2. The summed E-state index contributed by atoms with van der Waals surface area (Å²) < 4.78 is 27.1. The Kier molecular flexibility index (Phi) is 17.9. The van der Waals surface area contributed by atoms with Gasteiger partial charge in [-0.3, -0.25) is 34.1 Å². The van der Waals surface area contributed by atoms with E-state index >= 15 is 4.79 Å². The molecule has 0 aliphatic carbocycles. The van der Waals surface area contributed by atoms with Crippen molar-refractivity contribution < 1.29 is 42.9 Å². The second-order valence-electron chi connectivity index (χ2n) is 24.7. The molecule has 3 aromatic heterocycles. The number of phenols is 1. The van der Waals surface area contributed by atoms with Gasteiger partial charge in [0.2, 0.25) is 11.8 Å². The normalized spacial score (nSPS) is 21.7. The lowest BCUT2D eigenvalue weighted by Crippen LogP contribution is -2.62. The van der Waals surface area contributed by atoms with Crippen molar-refractivity contribution in [3.05, 3.63) is 107 Å². The molecule has 3 saturated heterocycles. The SMILES string of the molecule is CCn1c(-c2cc(-c3ncc(CN4CCC(C#N)(CN)CC4)o3)cnc2[C@H](C)OC)c2c3cc(ccc31)-c1cc(O)cc(c1)C[C@H](NC(=O)[C@H](C(C)C)N(C)C(=O)[C@@H]1OCC[C@@H]1c1ccc(N)cc1)C(=O)N1CCC[C@H](N1)C(=O)OCC(C)(C)C2. The van der Waals surface area contributed by atoms with Crippen molar-refractivity contribution in [1.29, 1.82) is 5.26 Å². The summed E-state index contributed by atoms with van der Waals surface area (Å²) in [5.41, 5.74) is 22.6. The van der Waals surface area contributed by atoms with E-state index in [4.69, 9.17) is 40.1 Å². The summed E-state index contributed by atoms with van der Waals surface area (Å²) >= 11 is 0. The minimum Gasteiger partial charge on any atom is -0.508 e. The highest BCUT2D eigenvalue weighted by Crippen LogP contribution is 2.44. The van der Waals surface area contributed by atoms with E-state index < -0.39 is 58.9 Å². The van der Waals surface area contributed by atoms with Crippen molar-refractivity contribution in [2.45, 2.75) is 136 Å². The lowest BCUT2D eigenvalue weighted by Gasteiger charge is -2.37. The number of aromatic hydroxyl groups is 1. The zero-order valence-electron chi connectivity index (χ0n) is 50.2. The fourth-order valence-electron chi connectivity index (χ4n) is 12.9. The number of nitriles is 1. The molecule has 0 radical (unpaired) electrons. The molecular formula is C65H81N11O9. The van der Waals surface area contributed by atoms with Crippen LogP contribution in [0.2, 0.25) is 0 Å². The Bertz CT molecular complexity index is 3490. The Balaban J connectivity index is 1.02. The summed E-state index contributed by atoms with van der Waals surface area (Å²) in [6.07, 6.45) is 5.52. The van der Waals surface area contributed by atoms with Gasteiger partial charge in [-0.05, 0) is 129 Å². The van der Waals surface area contributed by atoms with Crippen molar-refractivity contribution in [3.8, 4) is 45.7 Å². The minimum atomic E-state index is -1.21. The summed E-state index contributed by atoms with van der Waals surface area (Å²) in [5, 5.41) is 26.8. The topological polar surface area (TPSA) is 270 Å². The first-order chi connectivity index (χ1) is 40.7. The van der Waals surface area contributed by atoms with Crippen LogP contribution in [0.1, 0.15) is 114 Å². The maximum Gasteiger partial charge on any atom is 0.324 e. The van der Waals surface area contributed by atoms with Gasteiger partial charge in [0.15, 0.2) is 0 Å². The number of methoxy groups -OCH3 is 1. The minimum absolute atomic E-state index is 0.0384.